The van der Waals surface area contributed by atoms with Crippen LogP contribution in [-0.2, 0) is 17.5 Å². The highest BCUT2D eigenvalue weighted by Gasteiger charge is 2.31. The summed E-state index contributed by atoms with van der Waals surface area (Å²) in [6.07, 6.45) is -3.01. The molecule has 1 aliphatic rings. The van der Waals surface area contributed by atoms with Crippen LogP contribution in [0.4, 0.5) is 13.2 Å². The van der Waals surface area contributed by atoms with Crippen molar-refractivity contribution in [3.05, 3.63) is 46.0 Å². The van der Waals surface area contributed by atoms with Gasteiger partial charge in [-0.15, -0.1) is 0 Å². The van der Waals surface area contributed by atoms with Gasteiger partial charge in [-0.1, -0.05) is 5.16 Å². The summed E-state index contributed by atoms with van der Waals surface area (Å²) in [5.74, 6) is 0.562. The first-order valence-corrected chi connectivity index (χ1v) is 6.61. The molecule has 0 bridgehead atoms. The third kappa shape index (κ3) is 3.03. The number of nitrogens with zero attached hydrogens (tertiary/aromatic N) is 3. The van der Waals surface area contributed by atoms with Gasteiger partial charge in [0.05, 0.1) is 12.2 Å². The first kappa shape index (κ1) is 14.8. The van der Waals surface area contributed by atoms with Gasteiger partial charge in [0.2, 0.25) is 5.89 Å². The minimum Gasteiger partial charge on any atom is -0.381 e. The van der Waals surface area contributed by atoms with Crippen LogP contribution in [0.2, 0.25) is 0 Å². The molecule has 3 heterocycles. The number of alkyl halides is 3. The van der Waals surface area contributed by atoms with Crippen molar-refractivity contribution in [2.75, 3.05) is 13.2 Å². The first-order valence-electron chi connectivity index (χ1n) is 6.61. The zero-order chi connectivity index (χ0) is 15.7. The van der Waals surface area contributed by atoms with Gasteiger partial charge in [-0.3, -0.25) is 4.79 Å². The Morgan fingerprint density at radius 1 is 1.36 bits per heavy atom. The molecule has 1 atom stereocenters. The highest BCUT2D eigenvalue weighted by atomic mass is 19.4. The Morgan fingerprint density at radius 2 is 2.18 bits per heavy atom. The van der Waals surface area contributed by atoms with Crippen LogP contribution in [-0.4, -0.2) is 27.9 Å². The molecule has 0 amide bonds. The zero-order valence-corrected chi connectivity index (χ0v) is 11.3. The van der Waals surface area contributed by atoms with E-state index < -0.39 is 17.3 Å². The van der Waals surface area contributed by atoms with Crippen LogP contribution in [0.15, 0.2) is 27.6 Å². The Kier molecular flexibility index (Phi) is 3.73. The van der Waals surface area contributed by atoms with Crippen LogP contribution >= 0.6 is 0 Å². The van der Waals surface area contributed by atoms with Crippen LogP contribution in [0.5, 0.6) is 0 Å². The molecule has 0 saturated carbocycles. The van der Waals surface area contributed by atoms with E-state index in [1.165, 1.54) is 0 Å². The average molecular weight is 315 g/mol. The molecule has 0 aromatic carbocycles. The lowest BCUT2D eigenvalue weighted by Gasteiger charge is -2.08. The number of hydrogen-bond donors (Lipinski definition) is 0. The third-order valence-corrected chi connectivity index (χ3v) is 3.40. The number of rotatable bonds is 3. The molecule has 6 nitrogen and oxygen atoms in total. The van der Waals surface area contributed by atoms with Crippen molar-refractivity contribution in [1.82, 2.24) is 14.7 Å². The van der Waals surface area contributed by atoms with E-state index in [0.29, 0.717) is 19.0 Å². The predicted molar refractivity (Wildman–Crippen MR) is 67.3 cm³/mol. The summed E-state index contributed by atoms with van der Waals surface area (Å²) in [5, 5.41) is 3.79. The largest absolute Gasteiger partial charge is 0.417 e. The van der Waals surface area contributed by atoms with Crippen molar-refractivity contribution in [3.63, 3.8) is 0 Å². The van der Waals surface area contributed by atoms with Crippen molar-refractivity contribution in [3.8, 4) is 0 Å². The molecule has 0 N–H and O–H groups in total. The van der Waals surface area contributed by atoms with Crippen molar-refractivity contribution in [2.24, 2.45) is 0 Å². The summed E-state index contributed by atoms with van der Waals surface area (Å²) < 4.78 is 49.1. The number of pyridine rings is 1. The van der Waals surface area contributed by atoms with Gasteiger partial charge >= 0.3 is 6.18 Å². The van der Waals surface area contributed by atoms with E-state index in [-0.39, 0.29) is 18.4 Å². The third-order valence-electron chi connectivity index (χ3n) is 3.40. The van der Waals surface area contributed by atoms with Crippen molar-refractivity contribution >= 4 is 0 Å². The standard InChI is InChI=1S/C13H12F3N3O3/c14-13(15,16)9-1-2-11(20)19(5-9)6-10-17-12(18-22-10)8-3-4-21-7-8/h1-2,5,8H,3-4,6-7H2. The average Bonchev–Trinajstić information content (AvgIpc) is 3.10. The molecule has 0 aliphatic carbocycles. The van der Waals surface area contributed by atoms with Crippen LogP contribution < -0.4 is 5.56 Å². The maximum atomic E-state index is 12.7. The molecular weight excluding hydrogens is 303 g/mol. The van der Waals surface area contributed by atoms with Gasteiger partial charge in [-0.2, -0.15) is 18.2 Å². The van der Waals surface area contributed by atoms with Crippen LogP contribution in [0.1, 0.15) is 29.6 Å². The summed E-state index contributed by atoms with van der Waals surface area (Å²) in [7, 11) is 0. The topological polar surface area (TPSA) is 70.2 Å². The first-order chi connectivity index (χ1) is 10.4. The Balaban J connectivity index is 1.82. The fourth-order valence-electron chi connectivity index (χ4n) is 2.20. The molecule has 22 heavy (non-hydrogen) atoms. The molecule has 1 aliphatic heterocycles. The second-order valence-electron chi connectivity index (χ2n) is 4.99. The summed E-state index contributed by atoms with van der Waals surface area (Å²) in [6.45, 7) is 0.896. The molecular formula is C13H12F3N3O3. The number of halogens is 3. The van der Waals surface area contributed by atoms with Crippen LogP contribution in [0, 0.1) is 0 Å². The molecule has 9 heteroatoms. The second kappa shape index (κ2) is 5.56. The fourth-order valence-corrected chi connectivity index (χ4v) is 2.20. The molecule has 0 radical (unpaired) electrons. The maximum Gasteiger partial charge on any atom is 0.417 e. The molecule has 0 spiro atoms. The van der Waals surface area contributed by atoms with Crippen molar-refractivity contribution < 1.29 is 22.4 Å². The Morgan fingerprint density at radius 3 is 2.86 bits per heavy atom. The van der Waals surface area contributed by atoms with E-state index >= 15 is 0 Å². The second-order valence-corrected chi connectivity index (χ2v) is 4.99. The van der Waals surface area contributed by atoms with Crippen molar-refractivity contribution in [2.45, 2.75) is 25.1 Å². The Bertz CT molecular complexity index is 717. The zero-order valence-electron chi connectivity index (χ0n) is 11.3. The van der Waals surface area contributed by atoms with E-state index in [1.54, 1.807) is 0 Å². The highest BCUT2D eigenvalue weighted by molar-refractivity contribution is 5.14. The van der Waals surface area contributed by atoms with Gasteiger partial charge in [-0.05, 0) is 12.5 Å². The number of ether oxygens (including phenoxy) is 1. The highest BCUT2D eigenvalue weighted by Crippen LogP contribution is 2.28. The van der Waals surface area contributed by atoms with Gasteiger partial charge in [0.25, 0.3) is 5.56 Å². The molecule has 1 unspecified atom stereocenters. The smallest absolute Gasteiger partial charge is 0.381 e. The molecule has 2 aromatic rings. The van der Waals surface area contributed by atoms with E-state index in [4.69, 9.17) is 9.26 Å². The molecule has 1 saturated heterocycles. The number of aromatic nitrogens is 3. The molecule has 118 valence electrons. The summed E-state index contributed by atoms with van der Waals surface area (Å²) >= 11 is 0. The van der Waals surface area contributed by atoms with Gasteiger partial charge in [0, 0.05) is 24.8 Å². The van der Waals surface area contributed by atoms with Gasteiger partial charge in [0.1, 0.15) is 6.54 Å². The van der Waals surface area contributed by atoms with E-state index in [0.717, 1.165) is 29.3 Å². The maximum absolute atomic E-state index is 12.7. The Labute approximate surface area is 122 Å². The Hall–Kier alpha value is -2.16. The van der Waals surface area contributed by atoms with Gasteiger partial charge in [0.15, 0.2) is 5.82 Å². The van der Waals surface area contributed by atoms with Crippen LogP contribution in [0.25, 0.3) is 0 Å². The monoisotopic (exact) mass is 315 g/mol. The minimum absolute atomic E-state index is 0.0238. The molecule has 2 aromatic heterocycles. The SMILES string of the molecule is O=c1ccc(C(F)(F)F)cn1Cc1nc(C2CCOC2)no1. The van der Waals surface area contributed by atoms with E-state index in [1.807, 2.05) is 0 Å². The summed E-state index contributed by atoms with van der Waals surface area (Å²) in [4.78, 5) is 15.8. The molecule has 1 fully saturated rings. The quantitative estimate of drug-likeness (QED) is 0.864. The van der Waals surface area contributed by atoms with Gasteiger partial charge < -0.3 is 13.8 Å². The summed E-state index contributed by atoms with van der Waals surface area (Å²) in [6, 6.07) is 1.61. The lowest BCUT2D eigenvalue weighted by atomic mass is 10.1. The lowest BCUT2D eigenvalue weighted by molar-refractivity contribution is -0.138. The normalized spacial score (nSPS) is 18.8. The molecule has 3 rings (SSSR count). The van der Waals surface area contributed by atoms with E-state index in [9.17, 15) is 18.0 Å². The van der Waals surface area contributed by atoms with Crippen LogP contribution in [0.3, 0.4) is 0 Å². The minimum atomic E-state index is -4.52. The van der Waals surface area contributed by atoms with Crippen molar-refractivity contribution in [1.29, 1.82) is 0 Å². The van der Waals surface area contributed by atoms with Gasteiger partial charge in [-0.25, -0.2) is 0 Å². The number of hydrogen-bond acceptors (Lipinski definition) is 5. The fraction of sp³-hybridized carbons (Fsp3) is 0.462. The lowest BCUT2D eigenvalue weighted by Crippen LogP contribution is -2.22. The summed E-state index contributed by atoms with van der Waals surface area (Å²) in [5.41, 5.74) is -1.48. The van der Waals surface area contributed by atoms with E-state index in [2.05, 4.69) is 10.1 Å². The predicted octanol–water partition coefficient (Wildman–Crippen LogP) is 1.80.